The Labute approximate surface area is 195 Å². The lowest BCUT2D eigenvalue weighted by atomic mass is 10.2. The van der Waals surface area contributed by atoms with E-state index < -0.39 is 0 Å². The summed E-state index contributed by atoms with van der Waals surface area (Å²) in [4.78, 5) is 21.6. The molecule has 0 aromatic carbocycles. The molecule has 168 valence electrons. The fraction of sp³-hybridized carbons (Fsp3) is 0.714. The second-order valence-electron chi connectivity index (χ2n) is 7.87. The van der Waals surface area contributed by atoms with Crippen molar-refractivity contribution < 1.29 is 18.7 Å². The van der Waals surface area contributed by atoms with Crippen LogP contribution in [0.2, 0.25) is 0 Å². The van der Waals surface area contributed by atoms with Gasteiger partial charge in [0.2, 0.25) is 0 Å². The Morgan fingerprint density at radius 1 is 1.10 bits per heavy atom. The number of guanidine groups is 1. The molecule has 3 saturated heterocycles. The van der Waals surface area contributed by atoms with Gasteiger partial charge in [0.1, 0.15) is 11.9 Å². The molecule has 0 saturated carbocycles. The molecule has 30 heavy (non-hydrogen) atoms. The zero-order valence-electron chi connectivity index (χ0n) is 17.5. The number of carbonyl (C=O) groups excluding carboxylic acids is 1. The molecule has 3 aliphatic heterocycles. The van der Waals surface area contributed by atoms with E-state index in [0.29, 0.717) is 26.2 Å². The molecule has 0 spiro atoms. The zero-order chi connectivity index (χ0) is 19.9. The van der Waals surface area contributed by atoms with E-state index in [1.54, 1.807) is 6.26 Å². The molecule has 8 nitrogen and oxygen atoms in total. The van der Waals surface area contributed by atoms with E-state index in [4.69, 9.17) is 18.9 Å². The third-order valence-corrected chi connectivity index (χ3v) is 5.80. The largest absolute Gasteiger partial charge is 0.469 e. The molecule has 2 atom stereocenters. The fourth-order valence-corrected chi connectivity index (χ4v) is 4.11. The van der Waals surface area contributed by atoms with Crippen molar-refractivity contribution in [1.29, 1.82) is 0 Å². The van der Waals surface area contributed by atoms with Gasteiger partial charge in [0, 0.05) is 52.4 Å². The monoisotopic (exact) mass is 532 g/mol. The summed E-state index contributed by atoms with van der Waals surface area (Å²) in [5.41, 5.74) is 0. The minimum absolute atomic E-state index is 0. The Kier molecular flexibility index (Phi) is 9.26. The summed E-state index contributed by atoms with van der Waals surface area (Å²) in [7, 11) is 0. The van der Waals surface area contributed by atoms with Crippen LogP contribution in [0.25, 0.3) is 0 Å². The molecule has 0 radical (unpaired) electrons. The van der Waals surface area contributed by atoms with E-state index >= 15 is 0 Å². The molecular weight excluding hydrogens is 499 g/mol. The van der Waals surface area contributed by atoms with E-state index in [2.05, 4.69) is 10.2 Å². The lowest BCUT2D eigenvalue weighted by Crippen LogP contribution is -2.55. The van der Waals surface area contributed by atoms with Gasteiger partial charge < -0.3 is 29.0 Å². The molecule has 1 aromatic heterocycles. The maximum absolute atomic E-state index is 12.6. The maximum Gasteiger partial charge on any atom is 0.251 e. The van der Waals surface area contributed by atoms with E-state index in [0.717, 1.165) is 70.1 Å². The van der Waals surface area contributed by atoms with E-state index in [1.165, 1.54) is 0 Å². The van der Waals surface area contributed by atoms with Crippen LogP contribution < -0.4 is 5.32 Å². The number of hydrogen-bond acceptors (Lipinski definition) is 5. The summed E-state index contributed by atoms with van der Waals surface area (Å²) in [6, 6.07) is 3.90. The van der Waals surface area contributed by atoms with Gasteiger partial charge in [-0.25, -0.2) is 0 Å². The van der Waals surface area contributed by atoms with Gasteiger partial charge in [-0.3, -0.25) is 9.79 Å². The van der Waals surface area contributed by atoms with Crippen LogP contribution in [0.15, 0.2) is 27.8 Å². The predicted octanol–water partition coefficient (Wildman–Crippen LogP) is 1.89. The molecular formula is C21H33IN4O4. The normalized spacial score (nSPS) is 24.7. The minimum atomic E-state index is -0.236. The van der Waals surface area contributed by atoms with Crippen molar-refractivity contribution in [3.63, 3.8) is 0 Å². The third-order valence-electron chi connectivity index (χ3n) is 5.80. The van der Waals surface area contributed by atoms with Crippen LogP contribution in [0.5, 0.6) is 0 Å². The zero-order valence-corrected chi connectivity index (χ0v) is 19.8. The Hall–Kier alpha value is -1.33. The number of halogens is 1. The molecule has 3 aliphatic rings. The lowest BCUT2D eigenvalue weighted by Gasteiger charge is -2.37. The number of amides is 1. The van der Waals surface area contributed by atoms with Crippen LogP contribution in [-0.2, 0) is 20.7 Å². The molecule has 1 amide bonds. The standard InChI is InChI=1S/C21H32N4O4.HI/c26-20(19-6-3-15-29-19)24-9-11-25(12-10-24)21(23-16-18-5-2-14-28-18)22-8-7-17-4-1-13-27-17;/h1,4,13,18-19H,2-3,5-12,14-16H2,(H,22,23);1H. The number of carbonyl (C=O) groups is 1. The molecule has 0 bridgehead atoms. The van der Waals surface area contributed by atoms with E-state index in [9.17, 15) is 4.79 Å². The first-order valence-corrected chi connectivity index (χ1v) is 10.9. The smallest absolute Gasteiger partial charge is 0.251 e. The van der Waals surface area contributed by atoms with Gasteiger partial charge in [-0.2, -0.15) is 0 Å². The quantitative estimate of drug-likeness (QED) is 0.343. The fourth-order valence-electron chi connectivity index (χ4n) is 4.11. The van der Waals surface area contributed by atoms with Gasteiger partial charge in [0.15, 0.2) is 5.96 Å². The summed E-state index contributed by atoms with van der Waals surface area (Å²) < 4.78 is 16.7. The van der Waals surface area contributed by atoms with Crippen molar-refractivity contribution in [2.24, 2.45) is 4.99 Å². The number of rotatable bonds is 6. The molecule has 1 aromatic rings. The highest BCUT2D eigenvalue weighted by atomic mass is 127. The average molecular weight is 532 g/mol. The predicted molar refractivity (Wildman–Crippen MR) is 124 cm³/mol. The van der Waals surface area contributed by atoms with Crippen LogP contribution in [0, 0.1) is 0 Å². The van der Waals surface area contributed by atoms with Gasteiger partial charge in [-0.15, -0.1) is 24.0 Å². The molecule has 4 rings (SSSR count). The number of aliphatic imine (C=N–C) groups is 1. The third kappa shape index (κ3) is 6.34. The number of nitrogens with zero attached hydrogens (tertiary/aromatic N) is 3. The Morgan fingerprint density at radius 3 is 2.53 bits per heavy atom. The van der Waals surface area contributed by atoms with Crippen molar-refractivity contribution in [2.45, 2.75) is 44.3 Å². The van der Waals surface area contributed by atoms with Crippen LogP contribution in [0.3, 0.4) is 0 Å². The molecule has 0 aliphatic carbocycles. The number of ether oxygens (including phenoxy) is 2. The van der Waals surface area contributed by atoms with E-state index in [1.807, 2.05) is 17.0 Å². The van der Waals surface area contributed by atoms with Crippen LogP contribution in [-0.4, -0.2) is 86.4 Å². The second kappa shape index (κ2) is 11.9. The first-order chi connectivity index (χ1) is 14.3. The second-order valence-corrected chi connectivity index (χ2v) is 7.87. The van der Waals surface area contributed by atoms with Crippen molar-refractivity contribution in [3.05, 3.63) is 24.2 Å². The molecule has 2 unspecified atom stereocenters. The van der Waals surface area contributed by atoms with Crippen molar-refractivity contribution >= 4 is 35.8 Å². The molecule has 1 N–H and O–H groups in total. The Bertz CT molecular complexity index is 665. The lowest BCUT2D eigenvalue weighted by molar-refractivity contribution is -0.142. The van der Waals surface area contributed by atoms with Gasteiger partial charge in [0.05, 0.1) is 18.9 Å². The van der Waals surface area contributed by atoms with Crippen molar-refractivity contribution in [1.82, 2.24) is 15.1 Å². The SMILES string of the molecule is I.O=C(C1CCCO1)N1CCN(C(=NCC2CCCO2)NCCc2ccco2)CC1. The van der Waals surface area contributed by atoms with Crippen LogP contribution in [0.1, 0.15) is 31.4 Å². The highest BCUT2D eigenvalue weighted by molar-refractivity contribution is 14.0. The van der Waals surface area contributed by atoms with Crippen LogP contribution in [0.4, 0.5) is 0 Å². The van der Waals surface area contributed by atoms with Gasteiger partial charge in [-0.1, -0.05) is 0 Å². The Balaban J connectivity index is 0.00000256. The van der Waals surface area contributed by atoms with Gasteiger partial charge in [-0.05, 0) is 37.8 Å². The summed E-state index contributed by atoms with van der Waals surface area (Å²) in [6.45, 7) is 5.94. The van der Waals surface area contributed by atoms with Crippen LogP contribution >= 0.6 is 24.0 Å². The highest BCUT2D eigenvalue weighted by Gasteiger charge is 2.31. The van der Waals surface area contributed by atoms with Gasteiger partial charge >= 0.3 is 0 Å². The summed E-state index contributed by atoms with van der Waals surface area (Å²) in [5, 5.41) is 3.48. The highest BCUT2D eigenvalue weighted by Crippen LogP contribution is 2.16. The van der Waals surface area contributed by atoms with Crippen molar-refractivity contribution in [2.75, 3.05) is 52.5 Å². The Morgan fingerprint density at radius 2 is 1.87 bits per heavy atom. The van der Waals surface area contributed by atoms with Gasteiger partial charge in [0.25, 0.3) is 5.91 Å². The molecule has 4 heterocycles. The number of piperazine rings is 1. The first-order valence-electron chi connectivity index (χ1n) is 10.9. The summed E-state index contributed by atoms with van der Waals surface area (Å²) in [6.07, 6.45) is 6.52. The summed E-state index contributed by atoms with van der Waals surface area (Å²) in [5.74, 6) is 2.00. The maximum atomic E-state index is 12.6. The average Bonchev–Trinajstić information content (AvgIpc) is 3.53. The molecule has 9 heteroatoms. The summed E-state index contributed by atoms with van der Waals surface area (Å²) >= 11 is 0. The number of hydrogen-bond donors (Lipinski definition) is 1. The van der Waals surface area contributed by atoms with Crippen molar-refractivity contribution in [3.8, 4) is 0 Å². The number of furan rings is 1. The molecule has 3 fully saturated rings. The number of nitrogens with one attached hydrogen (secondary N) is 1. The first kappa shape index (κ1) is 23.3. The van der Waals surface area contributed by atoms with E-state index in [-0.39, 0.29) is 42.1 Å². The minimum Gasteiger partial charge on any atom is -0.469 e. The topological polar surface area (TPSA) is 79.5 Å².